The molecule has 7 heteroatoms. The van der Waals surface area contributed by atoms with Crippen LogP contribution in [0.1, 0.15) is 12.7 Å². The highest BCUT2D eigenvalue weighted by Gasteiger charge is 2.19. The molecule has 4 heterocycles. The Morgan fingerprint density at radius 2 is 2.12 bits per heavy atom. The van der Waals surface area contributed by atoms with Gasteiger partial charge in [0.15, 0.2) is 5.82 Å². The molecular weight excluding hydrogens is 340 g/mol. The second-order valence-electron chi connectivity index (χ2n) is 5.86. The molecule has 0 aliphatic carbocycles. The summed E-state index contributed by atoms with van der Waals surface area (Å²) in [4.78, 5) is 13.6. The third-order valence-electron chi connectivity index (χ3n) is 4.22. The van der Waals surface area contributed by atoms with Gasteiger partial charge in [0, 0.05) is 22.4 Å². The number of hydrogen-bond acceptors (Lipinski definition) is 6. The van der Waals surface area contributed by atoms with Gasteiger partial charge in [-0.15, -0.1) is 22.7 Å². The van der Waals surface area contributed by atoms with Gasteiger partial charge in [0.1, 0.15) is 30.3 Å². The summed E-state index contributed by atoms with van der Waals surface area (Å²) in [6, 6.07) is 4.25. The molecule has 1 aliphatic heterocycles. The molecule has 2 N–H and O–H groups in total. The lowest BCUT2D eigenvalue weighted by atomic mass is 10.2. The fraction of sp³-hybridized carbons (Fsp3) is 0.412. The number of quaternary nitrogens is 1. The molecule has 0 atom stereocenters. The lowest BCUT2D eigenvalue weighted by Crippen LogP contribution is -3.12. The third-order valence-corrected chi connectivity index (χ3v) is 5.99. The van der Waals surface area contributed by atoms with Crippen LogP contribution in [0.5, 0.6) is 0 Å². The van der Waals surface area contributed by atoms with E-state index in [-0.39, 0.29) is 0 Å². The lowest BCUT2D eigenvalue weighted by molar-refractivity contribution is -0.922. The van der Waals surface area contributed by atoms with E-state index < -0.39 is 0 Å². The van der Waals surface area contributed by atoms with Crippen molar-refractivity contribution in [2.24, 2.45) is 0 Å². The standard InChI is InChI=1S/C17H20N4OS2/c1-2-18-16-15-12(13-4-3-9-23-13)11-24-17(15)20-14(19-16)10-21-5-7-22-8-6-21/h3-4,9,11H,2,5-8,10H2,1H3,(H,18,19,20)/p+1. The average molecular weight is 362 g/mol. The van der Waals surface area contributed by atoms with Gasteiger partial charge in [-0.3, -0.25) is 0 Å². The van der Waals surface area contributed by atoms with Gasteiger partial charge in [0.2, 0.25) is 0 Å². The highest BCUT2D eigenvalue weighted by molar-refractivity contribution is 7.18. The van der Waals surface area contributed by atoms with Crippen LogP contribution in [0.25, 0.3) is 20.7 Å². The smallest absolute Gasteiger partial charge is 0.187 e. The minimum Gasteiger partial charge on any atom is -0.370 e. The van der Waals surface area contributed by atoms with Crippen LogP contribution in [-0.2, 0) is 11.3 Å². The molecule has 1 fully saturated rings. The van der Waals surface area contributed by atoms with Crippen molar-refractivity contribution in [2.75, 3.05) is 38.2 Å². The maximum absolute atomic E-state index is 5.44. The zero-order valence-electron chi connectivity index (χ0n) is 13.7. The molecule has 3 aromatic heterocycles. The Bertz CT molecular complexity index is 809. The maximum Gasteiger partial charge on any atom is 0.187 e. The van der Waals surface area contributed by atoms with Crippen LogP contribution in [-0.4, -0.2) is 42.8 Å². The summed E-state index contributed by atoms with van der Waals surface area (Å²) in [5, 5.41) is 8.92. The normalized spacial score (nSPS) is 15.9. The van der Waals surface area contributed by atoms with Gasteiger partial charge >= 0.3 is 0 Å². The van der Waals surface area contributed by atoms with Crippen molar-refractivity contribution in [2.45, 2.75) is 13.5 Å². The van der Waals surface area contributed by atoms with Crippen molar-refractivity contribution in [3.63, 3.8) is 0 Å². The molecule has 24 heavy (non-hydrogen) atoms. The van der Waals surface area contributed by atoms with Gasteiger partial charge < -0.3 is 15.0 Å². The van der Waals surface area contributed by atoms with Crippen molar-refractivity contribution < 1.29 is 9.64 Å². The van der Waals surface area contributed by atoms with Gasteiger partial charge in [0.25, 0.3) is 0 Å². The van der Waals surface area contributed by atoms with Crippen LogP contribution in [0.4, 0.5) is 5.82 Å². The van der Waals surface area contributed by atoms with Crippen LogP contribution in [0, 0.1) is 0 Å². The summed E-state index contributed by atoms with van der Waals surface area (Å²) in [5.74, 6) is 1.89. The minimum atomic E-state index is 0.833. The number of nitrogens with one attached hydrogen (secondary N) is 2. The van der Waals surface area contributed by atoms with Crippen molar-refractivity contribution in [3.05, 3.63) is 28.7 Å². The van der Waals surface area contributed by atoms with Crippen molar-refractivity contribution in [3.8, 4) is 10.4 Å². The van der Waals surface area contributed by atoms with Gasteiger partial charge in [0.05, 0.1) is 18.6 Å². The quantitative estimate of drug-likeness (QED) is 0.732. The molecule has 0 aromatic carbocycles. The highest BCUT2D eigenvalue weighted by atomic mass is 32.1. The number of fused-ring (bicyclic) bond motifs is 1. The zero-order valence-corrected chi connectivity index (χ0v) is 15.3. The Morgan fingerprint density at radius 1 is 1.25 bits per heavy atom. The Labute approximate surface area is 149 Å². The van der Waals surface area contributed by atoms with Crippen LogP contribution in [0.15, 0.2) is 22.9 Å². The SMILES string of the molecule is CCNc1nc(C[NH+]2CCOCC2)nc2scc(-c3cccs3)c12. The van der Waals surface area contributed by atoms with Gasteiger partial charge in [-0.25, -0.2) is 9.97 Å². The van der Waals surface area contributed by atoms with Crippen molar-refractivity contribution in [1.29, 1.82) is 0 Å². The monoisotopic (exact) mass is 361 g/mol. The van der Waals surface area contributed by atoms with Crippen molar-refractivity contribution >= 4 is 38.7 Å². The first kappa shape index (κ1) is 16.0. The first-order valence-corrected chi connectivity index (χ1v) is 10.1. The molecule has 3 aromatic rings. The number of hydrogen-bond donors (Lipinski definition) is 2. The Hall–Kier alpha value is -1.54. The number of ether oxygens (including phenoxy) is 1. The van der Waals surface area contributed by atoms with Crippen molar-refractivity contribution in [1.82, 2.24) is 9.97 Å². The van der Waals surface area contributed by atoms with E-state index in [0.717, 1.165) is 61.3 Å². The summed E-state index contributed by atoms with van der Waals surface area (Å²) < 4.78 is 5.44. The van der Waals surface area contributed by atoms with Crippen LogP contribution in [0.2, 0.25) is 0 Å². The average Bonchev–Trinajstić information content (AvgIpc) is 3.25. The molecule has 0 saturated carbocycles. The van der Waals surface area contributed by atoms with E-state index in [1.54, 1.807) is 22.7 Å². The molecule has 126 valence electrons. The summed E-state index contributed by atoms with van der Waals surface area (Å²) in [6.45, 7) is 7.56. The van der Waals surface area contributed by atoms with E-state index in [1.807, 2.05) is 0 Å². The molecular formula is C17H21N4OS2+. The fourth-order valence-corrected chi connectivity index (χ4v) is 4.81. The number of anilines is 1. The molecule has 1 saturated heterocycles. The number of aromatic nitrogens is 2. The summed E-state index contributed by atoms with van der Waals surface area (Å²) in [6.07, 6.45) is 0. The molecule has 4 rings (SSSR count). The van der Waals surface area contributed by atoms with Crippen LogP contribution >= 0.6 is 22.7 Å². The lowest BCUT2D eigenvalue weighted by Gasteiger charge is -2.23. The second kappa shape index (κ2) is 7.14. The van der Waals surface area contributed by atoms with E-state index in [1.165, 1.54) is 15.3 Å². The Kier molecular flexibility index (Phi) is 4.75. The Balaban J connectivity index is 1.73. The zero-order chi connectivity index (χ0) is 16.4. The van der Waals surface area contributed by atoms with E-state index in [0.29, 0.717) is 0 Å². The first-order valence-electron chi connectivity index (χ1n) is 8.32. The first-order chi connectivity index (χ1) is 11.8. The topological polar surface area (TPSA) is 51.5 Å². The third kappa shape index (κ3) is 3.17. The summed E-state index contributed by atoms with van der Waals surface area (Å²) in [5.41, 5.74) is 1.24. The molecule has 0 bridgehead atoms. The Morgan fingerprint density at radius 3 is 2.88 bits per heavy atom. The van der Waals surface area contributed by atoms with E-state index in [4.69, 9.17) is 14.7 Å². The second-order valence-corrected chi connectivity index (χ2v) is 7.67. The molecule has 0 radical (unpaired) electrons. The van der Waals surface area contributed by atoms with Crippen LogP contribution < -0.4 is 10.2 Å². The molecule has 0 amide bonds. The van der Waals surface area contributed by atoms with Gasteiger partial charge in [-0.05, 0) is 18.4 Å². The minimum absolute atomic E-state index is 0.833. The van der Waals surface area contributed by atoms with Crippen LogP contribution in [0.3, 0.4) is 0 Å². The summed E-state index contributed by atoms with van der Waals surface area (Å²) >= 11 is 3.47. The number of morpholine rings is 1. The maximum atomic E-state index is 5.44. The summed E-state index contributed by atoms with van der Waals surface area (Å²) in [7, 11) is 0. The number of thiophene rings is 2. The number of rotatable bonds is 5. The van der Waals surface area contributed by atoms with Gasteiger partial charge in [-0.2, -0.15) is 0 Å². The fourth-order valence-electron chi connectivity index (χ4n) is 3.03. The molecule has 0 unspecified atom stereocenters. The van der Waals surface area contributed by atoms with E-state index in [2.05, 4.69) is 35.1 Å². The van der Waals surface area contributed by atoms with E-state index in [9.17, 15) is 0 Å². The predicted octanol–water partition coefficient (Wildman–Crippen LogP) is 2.27. The number of nitrogens with zero attached hydrogens (tertiary/aromatic N) is 2. The van der Waals surface area contributed by atoms with Gasteiger partial charge in [-0.1, -0.05) is 6.07 Å². The predicted molar refractivity (Wildman–Crippen MR) is 100 cm³/mol. The highest BCUT2D eigenvalue weighted by Crippen LogP contribution is 2.38. The molecule has 1 aliphatic rings. The largest absolute Gasteiger partial charge is 0.370 e. The molecule has 0 spiro atoms. The van der Waals surface area contributed by atoms with E-state index >= 15 is 0 Å². The molecule has 5 nitrogen and oxygen atoms in total.